The quantitative estimate of drug-likeness (QED) is 0.128. The molecule has 0 saturated heterocycles. The van der Waals surface area contributed by atoms with E-state index >= 15 is 0 Å². The first kappa shape index (κ1) is 47.9. The van der Waals surface area contributed by atoms with E-state index in [0.29, 0.717) is 0 Å². The van der Waals surface area contributed by atoms with Crippen molar-refractivity contribution in [2.45, 2.75) is 38.5 Å². The molecular weight excluding hydrogens is 1040 g/mol. The first-order chi connectivity index (χ1) is 42.2. The summed E-state index contributed by atoms with van der Waals surface area (Å²) in [5, 5.41) is 25.5. The Hall–Kier alpha value is -10.5. The lowest BCUT2D eigenvalue weighted by atomic mass is 9.73. The van der Waals surface area contributed by atoms with Crippen LogP contribution >= 0.6 is 0 Å². The maximum atomic E-state index is 2.54. The second kappa shape index (κ2) is 17.1. The molecule has 0 aromatic heterocycles. The van der Waals surface area contributed by atoms with Gasteiger partial charge < -0.3 is 9.80 Å². The zero-order valence-corrected chi connectivity index (χ0v) is 48.3. The molecule has 19 rings (SSSR count). The summed E-state index contributed by atoms with van der Waals surface area (Å²) in [5.74, 6) is 0. The van der Waals surface area contributed by atoms with E-state index in [1.807, 2.05) is 0 Å². The van der Waals surface area contributed by atoms with Crippen LogP contribution in [-0.2, 0) is 10.8 Å². The van der Waals surface area contributed by atoms with Gasteiger partial charge in [-0.2, -0.15) is 0 Å². The minimum absolute atomic E-state index is 0.203. The largest absolute Gasteiger partial charge is 0.310 e. The summed E-state index contributed by atoms with van der Waals surface area (Å²) in [7, 11) is 0. The lowest BCUT2D eigenvalue weighted by Gasteiger charge is -2.42. The maximum Gasteiger partial charge on any atom is 0.0502 e. The van der Waals surface area contributed by atoms with Crippen molar-refractivity contribution >= 4 is 142 Å². The van der Waals surface area contributed by atoms with Gasteiger partial charge in [-0.25, -0.2) is 0 Å². The molecule has 0 N–H and O–H groups in total. The molecule has 17 aromatic carbocycles. The van der Waals surface area contributed by atoms with Crippen LogP contribution in [0.5, 0.6) is 0 Å². The molecule has 0 spiro atoms. The molecule has 0 aliphatic carbocycles. The highest BCUT2D eigenvalue weighted by molar-refractivity contribution is 6.38. The van der Waals surface area contributed by atoms with E-state index in [0.717, 1.165) is 11.4 Å². The number of nitrogens with zero attached hydrogens (tertiary/aromatic N) is 2. The van der Waals surface area contributed by atoms with Gasteiger partial charge in [-0.1, -0.05) is 246 Å². The fourth-order valence-electron chi connectivity index (χ4n) is 16.7. The normalized spacial score (nSPS) is 14.4. The van der Waals surface area contributed by atoms with E-state index < -0.39 is 0 Å². The molecule has 0 amide bonds. The van der Waals surface area contributed by atoms with Crippen LogP contribution in [0.25, 0.3) is 130 Å². The molecule has 2 aliphatic rings. The van der Waals surface area contributed by atoms with Crippen LogP contribution in [0.2, 0.25) is 0 Å². The standard InChI is InChI=1S/C84H56N2/c1-83(2)69-31-5-9-35-73(69)85(74-36-10-6-32-70(74)83)51-39-41-65-67(47-51)81(63-45-43-61-55-25-15-21-49-19-13-23-53(77(49)55)57-27-17-29-59(63)79(57)61)66-42-40-52(86-75-37-11-7-33-71(75)84(3,4)72-34-8-12-38-76(72)86)48-68(66)82(65)64-46-44-62-56-26-16-22-50-20-14-24-54(78(50)56)58-28-18-30-60(64)80(58)62/h5-48H,1-4H3. The van der Waals surface area contributed by atoms with Crippen LogP contribution < -0.4 is 9.80 Å². The van der Waals surface area contributed by atoms with Crippen molar-refractivity contribution in [3.8, 4) is 22.3 Å². The van der Waals surface area contributed by atoms with E-state index in [2.05, 4.69) is 304 Å². The highest BCUT2D eigenvalue weighted by Crippen LogP contribution is 2.58. The Morgan fingerprint density at radius 2 is 0.500 bits per heavy atom. The Morgan fingerprint density at radius 3 is 0.849 bits per heavy atom. The lowest BCUT2D eigenvalue weighted by molar-refractivity contribution is 0.632. The topological polar surface area (TPSA) is 6.48 Å². The molecule has 402 valence electrons. The number of fused-ring (bicyclic) bond motifs is 10. The summed E-state index contributed by atoms with van der Waals surface area (Å²) in [6.07, 6.45) is 0. The molecule has 0 unspecified atom stereocenters. The molecule has 2 nitrogen and oxygen atoms in total. The Bertz CT molecular complexity index is 5240. The van der Waals surface area contributed by atoms with Crippen molar-refractivity contribution in [2.24, 2.45) is 0 Å². The average molecular weight is 1090 g/mol. The van der Waals surface area contributed by atoms with Crippen LogP contribution in [0.4, 0.5) is 34.1 Å². The van der Waals surface area contributed by atoms with E-state index in [1.54, 1.807) is 0 Å². The molecule has 17 aromatic rings. The first-order valence-corrected chi connectivity index (χ1v) is 30.4. The number of hydrogen-bond donors (Lipinski definition) is 0. The predicted octanol–water partition coefficient (Wildman–Crippen LogP) is 23.6. The number of rotatable bonds is 4. The molecule has 2 heteroatoms. The van der Waals surface area contributed by atoms with E-state index in [9.17, 15) is 0 Å². The summed E-state index contributed by atoms with van der Waals surface area (Å²) in [6, 6.07) is 102. The minimum Gasteiger partial charge on any atom is -0.310 e. The number of anilines is 6. The van der Waals surface area contributed by atoms with E-state index in [-0.39, 0.29) is 10.8 Å². The van der Waals surface area contributed by atoms with Crippen LogP contribution in [0.1, 0.15) is 49.9 Å². The molecule has 0 fully saturated rings. The summed E-state index contributed by atoms with van der Waals surface area (Å²) in [5.41, 5.74) is 16.9. The fourth-order valence-corrected chi connectivity index (χ4v) is 16.7. The third kappa shape index (κ3) is 6.20. The summed E-state index contributed by atoms with van der Waals surface area (Å²) >= 11 is 0. The van der Waals surface area contributed by atoms with Gasteiger partial charge in [0, 0.05) is 22.2 Å². The Kier molecular flexibility index (Phi) is 9.50. The Balaban J connectivity index is 0.992. The zero-order chi connectivity index (χ0) is 56.9. The van der Waals surface area contributed by atoms with Gasteiger partial charge >= 0.3 is 0 Å². The van der Waals surface area contributed by atoms with Gasteiger partial charge in [0.25, 0.3) is 0 Å². The second-order valence-corrected chi connectivity index (χ2v) is 25.4. The SMILES string of the molecule is CC1(C)c2ccccc2N(c2ccc3c(-c4ccc5c6cccc7cccc(c8cccc4c85)c76)c4cc(N5c6ccccc6C(C)(C)c6ccccc65)ccc4c(-c4ccc5c6cccc7cccc(c8cccc4c85)c76)c3c2)c2ccccc21. The van der Waals surface area contributed by atoms with Crippen molar-refractivity contribution in [3.63, 3.8) is 0 Å². The monoisotopic (exact) mass is 1090 g/mol. The predicted molar refractivity (Wildman–Crippen MR) is 368 cm³/mol. The molecule has 0 radical (unpaired) electrons. The number of para-hydroxylation sites is 4. The third-order valence-electron chi connectivity index (χ3n) is 20.5. The van der Waals surface area contributed by atoms with Crippen molar-refractivity contribution in [3.05, 3.63) is 289 Å². The fraction of sp³-hybridized carbons (Fsp3) is 0.0714. The van der Waals surface area contributed by atoms with Gasteiger partial charge in [0.05, 0.1) is 22.7 Å². The zero-order valence-electron chi connectivity index (χ0n) is 48.3. The molecular formula is C84H56N2. The van der Waals surface area contributed by atoms with Crippen LogP contribution in [0.3, 0.4) is 0 Å². The van der Waals surface area contributed by atoms with E-state index in [4.69, 9.17) is 0 Å². The van der Waals surface area contributed by atoms with Gasteiger partial charge in [0.2, 0.25) is 0 Å². The maximum absolute atomic E-state index is 2.54. The van der Waals surface area contributed by atoms with Gasteiger partial charge in [0.15, 0.2) is 0 Å². The highest BCUT2D eigenvalue weighted by Gasteiger charge is 2.39. The lowest BCUT2D eigenvalue weighted by Crippen LogP contribution is -2.30. The van der Waals surface area contributed by atoms with Crippen LogP contribution in [0.15, 0.2) is 267 Å². The van der Waals surface area contributed by atoms with Gasteiger partial charge in [-0.15, -0.1) is 0 Å². The average Bonchev–Trinajstić information content (AvgIpc) is 0.963. The number of hydrogen-bond acceptors (Lipinski definition) is 2. The van der Waals surface area contributed by atoms with Crippen LogP contribution in [-0.4, -0.2) is 0 Å². The van der Waals surface area contributed by atoms with Crippen molar-refractivity contribution in [1.29, 1.82) is 0 Å². The first-order valence-electron chi connectivity index (χ1n) is 30.4. The minimum atomic E-state index is -0.203. The summed E-state index contributed by atoms with van der Waals surface area (Å²) in [4.78, 5) is 5.07. The van der Waals surface area contributed by atoms with Crippen molar-refractivity contribution < 1.29 is 0 Å². The number of benzene rings is 17. The Labute approximate surface area is 498 Å². The van der Waals surface area contributed by atoms with Crippen LogP contribution in [0, 0.1) is 0 Å². The molecule has 0 bridgehead atoms. The highest BCUT2D eigenvalue weighted by atomic mass is 15.2. The van der Waals surface area contributed by atoms with Gasteiger partial charge in [0.1, 0.15) is 0 Å². The third-order valence-corrected chi connectivity index (χ3v) is 20.5. The smallest absolute Gasteiger partial charge is 0.0502 e. The second-order valence-electron chi connectivity index (χ2n) is 25.4. The van der Waals surface area contributed by atoms with E-state index in [1.165, 1.54) is 175 Å². The molecule has 2 aliphatic heterocycles. The summed E-state index contributed by atoms with van der Waals surface area (Å²) in [6.45, 7) is 9.52. The molecule has 0 saturated carbocycles. The molecule has 86 heavy (non-hydrogen) atoms. The van der Waals surface area contributed by atoms with Crippen molar-refractivity contribution in [1.82, 2.24) is 0 Å². The van der Waals surface area contributed by atoms with Gasteiger partial charge in [-0.05, 0) is 201 Å². The Morgan fingerprint density at radius 1 is 0.221 bits per heavy atom. The molecule has 2 heterocycles. The van der Waals surface area contributed by atoms with Gasteiger partial charge in [-0.3, -0.25) is 0 Å². The van der Waals surface area contributed by atoms with Crippen molar-refractivity contribution in [2.75, 3.05) is 9.80 Å². The molecule has 0 atom stereocenters. The summed E-state index contributed by atoms with van der Waals surface area (Å²) < 4.78 is 0.